The van der Waals surface area contributed by atoms with E-state index in [1.807, 2.05) is 7.05 Å². The molecule has 0 amide bonds. The molecule has 1 N–H and O–H groups in total. The minimum atomic E-state index is -0.248. The molecule has 19 heavy (non-hydrogen) atoms. The molecule has 0 bridgehead atoms. The highest BCUT2D eigenvalue weighted by molar-refractivity contribution is 5.56. The van der Waals surface area contributed by atoms with Crippen molar-refractivity contribution in [1.29, 1.82) is 0 Å². The molecular weight excluding hydrogens is 245 g/mol. The van der Waals surface area contributed by atoms with Gasteiger partial charge in [0.25, 0.3) is 0 Å². The van der Waals surface area contributed by atoms with Gasteiger partial charge in [-0.15, -0.1) is 5.10 Å². The van der Waals surface area contributed by atoms with Crippen LogP contribution in [0.3, 0.4) is 0 Å². The van der Waals surface area contributed by atoms with Gasteiger partial charge < -0.3 is 10.2 Å². The van der Waals surface area contributed by atoms with E-state index in [1.54, 1.807) is 16.8 Å². The van der Waals surface area contributed by atoms with E-state index >= 15 is 0 Å². The molecule has 1 fully saturated rings. The molecule has 1 aliphatic rings. The number of halogens is 1. The van der Waals surface area contributed by atoms with Gasteiger partial charge in [-0.3, -0.25) is 0 Å². The Morgan fingerprint density at radius 3 is 2.53 bits per heavy atom. The predicted molar refractivity (Wildman–Crippen MR) is 71.5 cm³/mol. The summed E-state index contributed by atoms with van der Waals surface area (Å²) in [5.74, 6) is 1.25. The highest BCUT2D eigenvalue weighted by Crippen LogP contribution is 2.20. The minimum Gasteiger partial charge on any atom is -0.338 e. The Morgan fingerprint density at radius 1 is 1.16 bits per heavy atom. The van der Waals surface area contributed by atoms with Gasteiger partial charge in [-0.1, -0.05) is 0 Å². The average Bonchev–Trinajstić information content (AvgIpc) is 2.83. The van der Waals surface area contributed by atoms with Crippen LogP contribution >= 0.6 is 0 Å². The zero-order chi connectivity index (χ0) is 13.2. The molecule has 1 saturated heterocycles. The normalized spacial score (nSPS) is 15.8. The van der Waals surface area contributed by atoms with Gasteiger partial charge in [0, 0.05) is 38.8 Å². The second-order valence-corrected chi connectivity index (χ2v) is 4.60. The fraction of sp³-hybridized carbons (Fsp3) is 0.385. The summed E-state index contributed by atoms with van der Waals surface area (Å²) in [4.78, 5) is 6.77. The van der Waals surface area contributed by atoms with E-state index in [4.69, 9.17) is 0 Å². The molecule has 2 aromatic rings. The molecule has 0 aliphatic carbocycles. The quantitative estimate of drug-likeness (QED) is 0.877. The minimum absolute atomic E-state index is 0.248. The van der Waals surface area contributed by atoms with Crippen LogP contribution in [0.25, 0.3) is 11.4 Å². The van der Waals surface area contributed by atoms with Crippen LogP contribution in [-0.2, 0) is 7.05 Å². The Hall–Kier alpha value is -1.95. The van der Waals surface area contributed by atoms with Crippen LogP contribution in [0.2, 0.25) is 0 Å². The Bertz CT molecular complexity index is 557. The summed E-state index contributed by atoms with van der Waals surface area (Å²) in [6.07, 6.45) is 0. The van der Waals surface area contributed by atoms with Gasteiger partial charge in [-0.25, -0.2) is 9.07 Å². The molecule has 1 aromatic carbocycles. The molecule has 3 rings (SSSR count). The van der Waals surface area contributed by atoms with E-state index < -0.39 is 0 Å². The lowest BCUT2D eigenvalue weighted by atomic mass is 10.2. The van der Waals surface area contributed by atoms with Crippen LogP contribution in [0.15, 0.2) is 24.3 Å². The molecule has 0 saturated carbocycles. The van der Waals surface area contributed by atoms with E-state index in [2.05, 4.69) is 20.3 Å². The molecule has 2 heterocycles. The van der Waals surface area contributed by atoms with Crippen molar-refractivity contribution in [2.75, 3.05) is 31.1 Å². The number of nitrogens with one attached hydrogen (secondary N) is 1. The van der Waals surface area contributed by atoms with Gasteiger partial charge in [0.2, 0.25) is 5.95 Å². The number of nitrogens with zero attached hydrogens (tertiary/aromatic N) is 4. The van der Waals surface area contributed by atoms with E-state index in [9.17, 15) is 4.39 Å². The number of piperazine rings is 1. The molecule has 6 heteroatoms. The standard InChI is InChI=1S/C13H16FN5/c1-18-13(19-8-6-15-7-9-19)16-12(17-18)10-2-4-11(14)5-3-10/h2-5,15H,6-9H2,1H3. The van der Waals surface area contributed by atoms with Crippen molar-refractivity contribution in [2.24, 2.45) is 7.05 Å². The second kappa shape index (κ2) is 4.97. The van der Waals surface area contributed by atoms with Crippen LogP contribution in [0.5, 0.6) is 0 Å². The van der Waals surface area contributed by atoms with Crippen LogP contribution in [0.1, 0.15) is 0 Å². The second-order valence-electron chi connectivity index (χ2n) is 4.60. The maximum Gasteiger partial charge on any atom is 0.224 e. The van der Waals surface area contributed by atoms with Gasteiger partial charge in [-0.2, -0.15) is 4.98 Å². The van der Waals surface area contributed by atoms with Crippen molar-refractivity contribution in [3.8, 4) is 11.4 Å². The van der Waals surface area contributed by atoms with Crippen molar-refractivity contribution < 1.29 is 4.39 Å². The average molecular weight is 261 g/mol. The summed E-state index contributed by atoms with van der Waals surface area (Å²) in [7, 11) is 1.89. The van der Waals surface area contributed by atoms with Crippen LogP contribution in [-0.4, -0.2) is 40.9 Å². The molecule has 0 radical (unpaired) electrons. The smallest absolute Gasteiger partial charge is 0.224 e. The van der Waals surface area contributed by atoms with E-state index in [0.717, 1.165) is 37.7 Å². The van der Waals surface area contributed by atoms with Gasteiger partial charge in [0.05, 0.1) is 0 Å². The number of aromatic nitrogens is 3. The first-order valence-electron chi connectivity index (χ1n) is 6.37. The third-order valence-corrected chi connectivity index (χ3v) is 3.24. The fourth-order valence-electron chi connectivity index (χ4n) is 2.24. The summed E-state index contributed by atoms with van der Waals surface area (Å²) in [6.45, 7) is 3.77. The van der Waals surface area contributed by atoms with Crippen molar-refractivity contribution in [3.63, 3.8) is 0 Å². The highest BCUT2D eigenvalue weighted by Gasteiger charge is 2.17. The number of hydrogen-bond acceptors (Lipinski definition) is 4. The first kappa shape index (κ1) is 12.1. The van der Waals surface area contributed by atoms with Crippen molar-refractivity contribution in [2.45, 2.75) is 0 Å². The number of anilines is 1. The lowest BCUT2D eigenvalue weighted by Crippen LogP contribution is -2.44. The molecule has 100 valence electrons. The van der Waals surface area contributed by atoms with E-state index in [-0.39, 0.29) is 5.82 Å². The highest BCUT2D eigenvalue weighted by atomic mass is 19.1. The predicted octanol–water partition coefficient (Wildman–Crippen LogP) is 1.03. The monoisotopic (exact) mass is 261 g/mol. The zero-order valence-electron chi connectivity index (χ0n) is 10.8. The summed E-state index contributed by atoms with van der Waals surface area (Å²) >= 11 is 0. The number of aryl methyl sites for hydroxylation is 1. The lowest BCUT2D eigenvalue weighted by molar-refractivity contribution is 0.568. The third kappa shape index (κ3) is 2.44. The SMILES string of the molecule is Cn1nc(-c2ccc(F)cc2)nc1N1CCNCC1. The summed E-state index contributed by atoms with van der Waals surface area (Å²) < 4.78 is 14.7. The van der Waals surface area contributed by atoms with Gasteiger partial charge in [0.15, 0.2) is 5.82 Å². The van der Waals surface area contributed by atoms with Gasteiger partial charge in [-0.05, 0) is 24.3 Å². The maximum atomic E-state index is 12.9. The van der Waals surface area contributed by atoms with E-state index in [0.29, 0.717) is 5.82 Å². The third-order valence-electron chi connectivity index (χ3n) is 3.24. The number of benzene rings is 1. The van der Waals surface area contributed by atoms with Crippen LogP contribution in [0.4, 0.5) is 10.3 Å². The molecule has 1 aromatic heterocycles. The summed E-state index contributed by atoms with van der Waals surface area (Å²) in [5, 5.41) is 7.71. The molecule has 0 spiro atoms. The Kier molecular flexibility index (Phi) is 3.16. The van der Waals surface area contributed by atoms with Crippen molar-refractivity contribution >= 4 is 5.95 Å². The molecule has 0 atom stereocenters. The fourth-order valence-corrected chi connectivity index (χ4v) is 2.24. The summed E-state index contributed by atoms with van der Waals surface area (Å²) in [5.41, 5.74) is 0.832. The van der Waals surface area contributed by atoms with Gasteiger partial charge in [0.1, 0.15) is 5.82 Å². The molecule has 1 aliphatic heterocycles. The van der Waals surface area contributed by atoms with Crippen molar-refractivity contribution in [1.82, 2.24) is 20.1 Å². The molecular formula is C13H16FN5. The largest absolute Gasteiger partial charge is 0.338 e. The Balaban J connectivity index is 1.90. The maximum absolute atomic E-state index is 12.9. The zero-order valence-corrected chi connectivity index (χ0v) is 10.8. The first-order chi connectivity index (χ1) is 9.24. The first-order valence-corrected chi connectivity index (χ1v) is 6.37. The van der Waals surface area contributed by atoms with Gasteiger partial charge >= 0.3 is 0 Å². The number of hydrogen-bond donors (Lipinski definition) is 1. The molecule has 0 unspecified atom stereocenters. The van der Waals surface area contributed by atoms with E-state index in [1.165, 1.54) is 12.1 Å². The van der Waals surface area contributed by atoms with Crippen LogP contribution in [0, 0.1) is 5.82 Å². The molecule has 5 nitrogen and oxygen atoms in total. The Morgan fingerprint density at radius 2 is 1.84 bits per heavy atom. The lowest BCUT2D eigenvalue weighted by Gasteiger charge is -2.27. The number of rotatable bonds is 2. The Labute approximate surface area is 111 Å². The van der Waals surface area contributed by atoms with Crippen molar-refractivity contribution in [3.05, 3.63) is 30.1 Å². The van der Waals surface area contributed by atoms with Crippen LogP contribution < -0.4 is 10.2 Å². The topological polar surface area (TPSA) is 46.0 Å². The summed E-state index contributed by atoms with van der Waals surface area (Å²) in [6, 6.07) is 6.25.